The highest BCUT2D eigenvalue weighted by Gasteiger charge is 2.37. The molecule has 0 amide bonds. The number of hydrogen-bond acceptors (Lipinski definition) is 1. The van der Waals surface area contributed by atoms with E-state index in [0.29, 0.717) is 25.9 Å². The van der Waals surface area contributed by atoms with Gasteiger partial charge in [-0.2, -0.15) is 13.2 Å². The van der Waals surface area contributed by atoms with Gasteiger partial charge in [0.05, 0.1) is 0 Å². The standard InChI is InChI=1S/C16H20F3N/c17-16(18,19)15(20-12-5-2-6-13-20)11-7-10-14-8-3-1-4-9-14/h1,3-4,8-9,11H,2,5-7,10,12-13H2/b15-11+. The number of likely N-dealkylation sites (tertiary alicyclic amines) is 1. The van der Waals surface area contributed by atoms with Gasteiger partial charge in [-0.05, 0) is 37.7 Å². The smallest absolute Gasteiger partial charge is 0.368 e. The van der Waals surface area contributed by atoms with Gasteiger partial charge in [0.25, 0.3) is 0 Å². The molecule has 1 aliphatic rings. The summed E-state index contributed by atoms with van der Waals surface area (Å²) in [6.45, 7) is 1.05. The third-order valence-corrected chi connectivity index (χ3v) is 3.60. The minimum absolute atomic E-state index is 0.426. The van der Waals surface area contributed by atoms with Crippen LogP contribution in [-0.2, 0) is 6.42 Å². The summed E-state index contributed by atoms with van der Waals surface area (Å²) in [5, 5.41) is 0. The van der Waals surface area contributed by atoms with Crippen LogP contribution in [0.3, 0.4) is 0 Å². The molecule has 1 aliphatic heterocycles. The van der Waals surface area contributed by atoms with Crippen LogP contribution in [0.25, 0.3) is 0 Å². The van der Waals surface area contributed by atoms with Crippen LogP contribution in [0, 0.1) is 0 Å². The van der Waals surface area contributed by atoms with Crippen LogP contribution in [0.15, 0.2) is 42.1 Å². The Morgan fingerprint density at radius 1 is 1.05 bits per heavy atom. The summed E-state index contributed by atoms with van der Waals surface area (Å²) in [5.41, 5.74) is 0.622. The fourth-order valence-corrected chi connectivity index (χ4v) is 2.58. The van der Waals surface area contributed by atoms with E-state index in [-0.39, 0.29) is 0 Å². The Bertz CT molecular complexity index is 431. The highest BCUT2D eigenvalue weighted by molar-refractivity contribution is 5.16. The lowest BCUT2D eigenvalue weighted by molar-refractivity contribution is -0.113. The van der Waals surface area contributed by atoms with E-state index < -0.39 is 11.9 Å². The van der Waals surface area contributed by atoms with Gasteiger partial charge in [-0.15, -0.1) is 0 Å². The van der Waals surface area contributed by atoms with Crippen molar-refractivity contribution in [1.82, 2.24) is 4.90 Å². The maximum absolute atomic E-state index is 13.1. The van der Waals surface area contributed by atoms with Crippen LogP contribution >= 0.6 is 0 Å². The van der Waals surface area contributed by atoms with Crippen LogP contribution in [0.5, 0.6) is 0 Å². The average molecular weight is 283 g/mol. The Kier molecular flexibility index (Phi) is 5.10. The maximum atomic E-state index is 13.1. The Hall–Kier alpha value is -1.45. The SMILES string of the molecule is FC(F)(F)/C(=C\CCc1ccccc1)N1CCCCC1. The van der Waals surface area contributed by atoms with Crippen molar-refractivity contribution in [2.45, 2.75) is 38.3 Å². The lowest BCUT2D eigenvalue weighted by Gasteiger charge is -2.32. The average Bonchev–Trinajstić information content (AvgIpc) is 2.44. The van der Waals surface area contributed by atoms with E-state index in [1.54, 1.807) is 0 Å². The molecule has 4 heteroatoms. The zero-order valence-electron chi connectivity index (χ0n) is 11.5. The van der Waals surface area contributed by atoms with Crippen molar-refractivity contribution in [2.75, 3.05) is 13.1 Å². The molecule has 0 saturated carbocycles. The summed E-state index contributed by atoms with van der Waals surface area (Å²) in [7, 11) is 0. The minimum atomic E-state index is -4.24. The van der Waals surface area contributed by atoms with Crippen LogP contribution in [0.2, 0.25) is 0 Å². The first-order chi connectivity index (χ1) is 9.57. The molecule has 1 aromatic rings. The van der Waals surface area contributed by atoms with Gasteiger partial charge in [0.1, 0.15) is 5.70 Å². The second-order valence-corrected chi connectivity index (χ2v) is 5.16. The summed E-state index contributed by atoms with van der Waals surface area (Å²) in [5.74, 6) is 0. The van der Waals surface area contributed by atoms with Crippen molar-refractivity contribution in [3.8, 4) is 0 Å². The largest absolute Gasteiger partial charge is 0.430 e. The van der Waals surface area contributed by atoms with Crippen molar-refractivity contribution in [2.24, 2.45) is 0 Å². The van der Waals surface area contributed by atoms with Crippen molar-refractivity contribution in [3.05, 3.63) is 47.7 Å². The summed E-state index contributed by atoms with van der Waals surface area (Å²) in [6.07, 6.45) is 0.930. The molecule has 2 rings (SSSR count). The molecule has 0 unspecified atom stereocenters. The molecule has 1 nitrogen and oxygen atoms in total. The molecule has 1 aromatic carbocycles. The van der Waals surface area contributed by atoms with E-state index in [2.05, 4.69) is 0 Å². The number of benzene rings is 1. The van der Waals surface area contributed by atoms with Gasteiger partial charge in [-0.1, -0.05) is 36.4 Å². The van der Waals surface area contributed by atoms with Crippen LogP contribution in [-0.4, -0.2) is 24.2 Å². The highest BCUT2D eigenvalue weighted by atomic mass is 19.4. The van der Waals surface area contributed by atoms with Gasteiger partial charge >= 0.3 is 6.18 Å². The number of alkyl halides is 3. The lowest BCUT2D eigenvalue weighted by atomic mass is 10.1. The molecule has 0 aliphatic carbocycles. The first-order valence-electron chi connectivity index (χ1n) is 7.13. The summed E-state index contributed by atoms with van der Waals surface area (Å²) < 4.78 is 39.4. The Balaban J connectivity index is 2.01. The minimum Gasteiger partial charge on any atom is -0.368 e. The van der Waals surface area contributed by atoms with Gasteiger partial charge < -0.3 is 4.90 Å². The zero-order valence-corrected chi connectivity index (χ0v) is 11.5. The number of piperidine rings is 1. The van der Waals surface area contributed by atoms with Crippen LogP contribution in [0.4, 0.5) is 13.2 Å². The molecule has 0 radical (unpaired) electrons. The van der Waals surface area contributed by atoms with Gasteiger partial charge in [-0.25, -0.2) is 0 Å². The van der Waals surface area contributed by atoms with Gasteiger partial charge in [0.2, 0.25) is 0 Å². The molecule has 0 atom stereocenters. The fraction of sp³-hybridized carbons (Fsp3) is 0.500. The second-order valence-electron chi connectivity index (χ2n) is 5.16. The van der Waals surface area contributed by atoms with Gasteiger partial charge in [0, 0.05) is 13.1 Å². The van der Waals surface area contributed by atoms with Crippen molar-refractivity contribution in [3.63, 3.8) is 0 Å². The predicted molar refractivity (Wildman–Crippen MR) is 74.3 cm³/mol. The number of halogens is 3. The molecule has 110 valence electrons. The van der Waals surface area contributed by atoms with Crippen molar-refractivity contribution < 1.29 is 13.2 Å². The fourth-order valence-electron chi connectivity index (χ4n) is 2.58. The summed E-state index contributed by atoms with van der Waals surface area (Å²) in [6, 6.07) is 9.63. The maximum Gasteiger partial charge on any atom is 0.430 e. The number of hydrogen-bond donors (Lipinski definition) is 0. The monoisotopic (exact) mass is 283 g/mol. The van der Waals surface area contributed by atoms with Crippen molar-refractivity contribution in [1.29, 1.82) is 0 Å². The number of rotatable bonds is 4. The molecule has 20 heavy (non-hydrogen) atoms. The molecule has 0 spiro atoms. The predicted octanol–water partition coefficient (Wildman–Crippen LogP) is 4.55. The normalized spacial score (nSPS) is 17.4. The van der Waals surface area contributed by atoms with Gasteiger partial charge in [-0.3, -0.25) is 0 Å². The number of aryl methyl sites for hydroxylation is 1. The van der Waals surface area contributed by atoms with E-state index >= 15 is 0 Å². The summed E-state index contributed by atoms with van der Waals surface area (Å²) in [4.78, 5) is 1.49. The first-order valence-corrected chi connectivity index (χ1v) is 7.13. The Morgan fingerprint density at radius 2 is 1.70 bits per heavy atom. The highest BCUT2D eigenvalue weighted by Crippen LogP contribution is 2.31. The molecule has 1 saturated heterocycles. The molecule has 0 N–H and O–H groups in total. The van der Waals surface area contributed by atoms with Crippen molar-refractivity contribution >= 4 is 0 Å². The Morgan fingerprint density at radius 3 is 2.30 bits per heavy atom. The molecule has 0 bridgehead atoms. The molecular formula is C16H20F3N. The molecular weight excluding hydrogens is 263 g/mol. The third kappa shape index (κ3) is 4.29. The van der Waals surface area contributed by atoms with E-state index in [1.807, 2.05) is 30.3 Å². The Labute approximate surface area is 118 Å². The van der Waals surface area contributed by atoms with Gasteiger partial charge in [0.15, 0.2) is 0 Å². The summed E-state index contributed by atoms with van der Waals surface area (Å²) >= 11 is 0. The van der Waals surface area contributed by atoms with Crippen LogP contribution in [0.1, 0.15) is 31.2 Å². The van der Waals surface area contributed by atoms with E-state index in [1.165, 1.54) is 11.0 Å². The topological polar surface area (TPSA) is 3.24 Å². The number of allylic oxidation sites excluding steroid dienone is 2. The third-order valence-electron chi connectivity index (χ3n) is 3.60. The molecule has 0 aromatic heterocycles. The number of nitrogens with zero attached hydrogens (tertiary/aromatic N) is 1. The van der Waals surface area contributed by atoms with E-state index in [4.69, 9.17) is 0 Å². The molecule has 1 heterocycles. The van der Waals surface area contributed by atoms with E-state index in [0.717, 1.165) is 24.8 Å². The second kappa shape index (κ2) is 6.82. The van der Waals surface area contributed by atoms with Crippen LogP contribution < -0.4 is 0 Å². The quantitative estimate of drug-likeness (QED) is 0.783. The van der Waals surface area contributed by atoms with E-state index in [9.17, 15) is 13.2 Å². The lowest BCUT2D eigenvalue weighted by Crippen LogP contribution is -2.35. The zero-order chi connectivity index (χ0) is 14.4. The first kappa shape index (κ1) is 14.9. The molecule has 1 fully saturated rings.